The van der Waals surface area contributed by atoms with Crippen molar-refractivity contribution in [3.63, 3.8) is 0 Å². The number of amides is 1. The highest BCUT2D eigenvalue weighted by Gasteiger charge is 2.20. The lowest BCUT2D eigenvalue weighted by molar-refractivity contribution is -0.126. The molecule has 2 heteroatoms. The van der Waals surface area contributed by atoms with Gasteiger partial charge < -0.3 is 5.32 Å². The topological polar surface area (TPSA) is 29.1 Å². The van der Waals surface area contributed by atoms with E-state index in [4.69, 9.17) is 0 Å². The lowest BCUT2D eigenvalue weighted by atomic mass is 9.92. The molecular weight excluding hydrogens is 174 g/mol. The minimum absolute atomic E-state index is 0.278. The summed E-state index contributed by atoms with van der Waals surface area (Å²) in [5.41, 5.74) is 0. The molecule has 0 aromatic carbocycles. The fourth-order valence-corrected chi connectivity index (χ4v) is 1.97. The number of rotatable bonds is 6. The molecule has 80 valence electrons. The summed E-state index contributed by atoms with van der Waals surface area (Å²) < 4.78 is 0. The summed E-state index contributed by atoms with van der Waals surface area (Å²) in [4.78, 5) is 11.4. The lowest BCUT2D eigenvalue weighted by Crippen LogP contribution is -2.36. The Morgan fingerprint density at radius 3 is 3.00 bits per heavy atom. The molecule has 0 bridgehead atoms. The number of carbonyl (C=O) groups excluding carboxylic acids is 1. The highest BCUT2D eigenvalue weighted by Crippen LogP contribution is 2.18. The van der Waals surface area contributed by atoms with Crippen LogP contribution in [0.3, 0.4) is 0 Å². The maximum Gasteiger partial charge on any atom is 0.223 e. The molecule has 2 nitrogen and oxygen atoms in total. The van der Waals surface area contributed by atoms with E-state index in [0.29, 0.717) is 5.92 Å². The molecule has 14 heavy (non-hydrogen) atoms. The molecule has 1 atom stereocenters. The zero-order valence-electron chi connectivity index (χ0n) is 8.93. The van der Waals surface area contributed by atoms with Crippen LogP contribution in [0.4, 0.5) is 0 Å². The van der Waals surface area contributed by atoms with E-state index in [1.54, 1.807) is 0 Å². The zero-order valence-corrected chi connectivity index (χ0v) is 8.93. The van der Waals surface area contributed by atoms with Gasteiger partial charge in [-0.05, 0) is 32.1 Å². The van der Waals surface area contributed by atoms with Crippen molar-refractivity contribution < 1.29 is 4.79 Å². The van der Waals surface area contributed by atoms with Crippen LogP contribution in [-0.4, -0.2) is 12.5 Å². The van der Waals surface area contributed by atoms with Crippen LogP contribution in [0.5, 0.6) is 0 Å². The van der Waals surface area contributed by atoms with Gasteiger partial charge in [-0.1, -0.05) is 18.9 Å². The summed E-state index contributed by atoms with van der Waals surface area (Å²) in [5, 5.41) is 2.93. The molecule has 0 aromatic rings. The number of nitrogens with one attached hydrogen (secondary N) is 1. The summed E-state index contributed by atoms with van der Waals surface area (Å²) in [5.74, 6) is 0.576. The van der Waals surface area contributed by atoms with Crippen molar-refractivity contribution in [2.24, 2.45) is 5.92 Å². The second-order valence-corrected chi connectivity index (χ2v) is 4.06. The van der Waals surface area contributed by atoms with Crippen LogP contribution < -0.4 is 5.32 Å². The highest BCUT2D eigenvalue weighted by atomic mass is 16.1. The van der Waals surface area contributed by atoms with Crippen LogP contribution in [-0.2, 0) is 4.79 Å². The number of allylic oxidation sites excluding steroid dienone is 1. The molecule has 1 unspecified atom stereocenters. The SMILES string of the molecule is C=CCCCCCC1CCCNC1=O. The molecule has 0 spiro atoms. The van der Waals surface area contributed by atoms with E-state index in [2.05, 4.69) is 11.9 Å². The first-order valence-electron chi connectivity index (χ1n) is 5.73. The summed E-state index contributed by atoms with van der Waals surface area (Å²) in [6, 6.07) is 0. The minimum Gasteiger partial charge on any atom is -0.356 e. The van der Waals surface area contributed by atoms with Gasteiger partial charge in [-0.3, -0.25) is 4.79 Å². The third-order valence-corrected chi connectivity index (χ3v) is 2.86. The standard InChI is InChI=1S/C12H21NO/c1-2-3-4-5-6-8-11-9-7-10-13-12(11)14/h2,11H,1,3-10H2,(H,13,14). The third kappa shape index (κ3) is 3.95. The van der Waals surface area contributed by atoms with Crippen LogP contribution in [0.15, 0.2) is 12.7 Å². The molecule has 0 saturated carbocycles. The Balaban J connectivity index is 2.04. The van der Waals surface area contributed by atoms with Gasteiger partial charge in [-0.2, -0.15) is 0 Å². The second-order valence-electron chi connectivity index (χ2n) is 4.06. The molecule has 1 aliphatic heterocycles. The maximum atomic E-state index is 11.4. The van der Waals surface area contributed by atoms with Gasteiger partial charge in [-0.25, -0.2) is 0 Å². The van der Waals surface area contributed by atoms with E-state index < -0.39 is 0 Å². The van der Waals surface area contributed by atoms with E-state index in [1.807, 2.05) is 6.08 Å². The molecule has 1 saturated heterocycles. The quantitative estimate of drug-likeness (QED) is 0.512. The summed E-state index contributed by atoms with van der Waals surface area (Å²) in [7, 11) is 0. The first kappa shape index (κ1) is 11.3. The maximum absolute atomic E-state index is 11.4. The Morgan fingerprint density at radius 1 is 1.43 bits per heavy atom. The fraction of sp³-hybridized carbons (Fsp3) is 0.750. The smallest absolute Gasteiger partial charge is 0.223 e. The van der Waals surface area contributed by atoms with Crippen LogP contribution in [0, 0.1) is 5.92 Å². The second kappa shape index (κ2) is 6.63. The monoisotopic (exact) mass is 195 g/mol. The molecule has 1 N–H and O–H groups in total. The van der Waals surface area contributed by atoms with Gasteiger partial charge in [0.15, 0.2) is 0 Å². The van der Waals surface area contributed by atoms with Crippen molar-refractivity contribution in [3.8, 4) is 0 Å². The molecule has 1 heterocycles. The van der Waals surface area contributed by atoms with Crippen LogP contribution in [0.1, 0.15) is 44.9 Å². The van der Waals surface area contributed by atoms with Crippen molar-refractivity contribution in [1.29, 1.82) is 0 Å². The Hall–Kier alpha value is -0.790. The van der Waals surface area contributed by atoms with Gasteiger partial charge in [0.25, 0.3) is 0 Å². The molecule has 0 aliphatic carbocycles. The number of hydrogen-bond donors (Lipinski definition) is 1. The molecule has 1 fully saturated rings. The molecule has 0 radical (unpaired) electrons. The first-order chi connectivity index (χ1) is 6.84. The predicted molar refractivity (Wildman–Crippen MR) is 59.0 cm³/mol. The largest absolute Gasteiger partial charge is 0.356 e. The highest BCUT2D eigenvalue weighted by molar-refractivity contribution is 5.79. The van der Waals surface area contributed by atoms with E-state index in [0.717, 1.165) is 32.2 Å². The van der Waals surface area contributed by atoms with Crippen molar-refractivity contribution in [2.75, 3.05) is 6.54 Å². The van der Waals surface area contributed by atoms with Gasteiger partial charge in [-0.15, -0.1) is 6.58 Å². The van der Waals surface area contributed by atoms with Crippen molar-refractivity contribution >= 4 is 5.91 Å². The minimum atomic E-state index is 0.278. The van der Waals surface area contributed by atoms with Gasteiger partial charge in [0.1, 0.15) is 0 Å². The van der Waals surface area contributed by atoms with Crippen molar-refractivity contribution in [2.45, 2.75) is 44.9 Å². The Bertz CT molecular complexity index is 189. The van der Waals surface area contributed by atoms with Gasteiger partial charge in [0.05, 0.1) is 0 Å². The average Bonchev–Trinajstić information content (AvgIpc) is 2.20. The van der Waals surface area contributed by atoms with Crippen molar-refractivity contribution in [1.82, 2.24) is 5.32 Å². The normalized spacial score (nSPS) is 21.7. The molecule has 1 amide bonds. The Morgan fingerprint density at radius 2 is 2.29 bits per heavy atom. The number of carbonyl (C=O) groups is 1. The number of piperidine rings is 1. The summed E-state index contributed by atoms with van der Waals surface area (Å²) in [6.45, 7) is 4.58. The third-order valence-electron chi connectivity index (χ3n) is 2.86. The summed E-state index contributed by atoms with van der Waals surface area (Å²) in [6.07, 6.45) is 10.0. The van der Waals surface area contributed by atoms with Gasteiger partial charge in [0, 0.05) is 12.5 Å². The summed E-state index contributed by atoms with van der Waals surface area (Å²) >= 11 is 0. The number of hydrogen-bond acceptors (Lipinski definition) is 1. The molecular formula is C12H21NO. The molecule has 0 aromatic heterocycles. The van der Waals surface area contributed by atoms with E-state index >= 15 is 0 Å². The predicted octanol–water partition coefficient (Wildman–Crippen LogP) is 2.65. The number of unbranched alkanes of at least 4 members (excludes halogenated alkanes) is 3. The van der Waals surface area contributed by atoms with Crippen LogP contribution in [0.2, 0.25) is 0 Å². The zero-order chi connectivity index (χ0) is 10.2. The lowest BCUT2D eigenvalue weighted by Gasteiger charge is -2.21. The Labute approximate surface area is 86.8 Å². The van der Waals surface area contributed by atoms with Crippen molar-refractivity contribution in [3.05, 3.63) is 12.7 Å². The van der Waals surface area contributed by atoms with Crippen LogP contribution in [0.25, 0.3) is 0 Å². The fourth-order valence-electron chi connectivity index (χ4n) is 1.97. The molecule has 1 rings (SSSR count). The van der Waals surface area contributed by atoms with E-state index in [1.165, 1.54) is 19.3 Å². The molecule has 1 aliphatic rings. The van der Waals surface area contributed by atoms with E-state index in [-0.39, 0.29) is 5.91 Å². The van der Waals surface area contributed by atoms with Crippen LogP contribution >= 0.6 is 0 Å². The van der Waals surface area contributed by atoms with Gasteiger partial charge in [0.2, 0.25) is 5.91 Å². The van der Waals surface area contributed by atoms with Gasteiger partial charge >= 0.3 is 0 Å². The van der Waals surface area contributed by atoms with E-state index in [9.17, 15) is 4.79 Å². The average molecular weight is 195 g/mol. The first-order valence-corrected chi connectivity index (χ1v) is 5.73. The Kier molecular flexibility index (Phi) is 5.35.